The molecule has 6 nitrogen and oxygen atoms in total. The summed E-state index contributed by atoms with van der Waals surface area (Å²) in [7, 11) is 1.54. The van der Waals surface area contributed by atoms with Gasteiger partial charge in [-0.05, 0) is 76.5 Å². The van der Waals surface area contributed by atoms with Crippen molar-refractivity contribution >= 4 is 73.7 Å². The van der Waals surface area contributed by atoms with Crippen LogP contribution in [0, 0.1) is 6.92 Å². The van der Waals surface area contributed by atoms with Gasteiger partial charge in [-0.1, -0.05) is 59.8 Å². The highest BCUT2D eigenvalue weighted by atomic mass is 79.9. The second-order valence-corrected chi connectivity index (χ2v) is 10.6. The summed E-state index contributed by atoms with van der Waals surface area (Å²) < 4.78 is 12.4. The molecule has 0 aromatic heterocycles. The Morgan fingerprint density at radius 3 is 2.64 bits per heavy atom. The molecule has 4 rings (SSSR count). The second kappa shape index (κ2) is 11.5. The van der Waals surface area contributed by atoms with E-state index < -0.39 is 11.8 Å². The fourth-order valence-electron chi connectivity index (χ4n) is 3.43. The molecule has 1 fully saturated rings. The van der Waals surface area contributed by atoms with E-state index in [1.165, 1.54) is 7.11 Å². The first-order valence-electron chi connectivity index (χ1n) is 10.7. The van der Waals surface area contributed by atoms with Gasteiger partial charge in [0.15, 0.2) is 15.8 Å². The van der Waals surface area contributed by atoms with E-state index in [9.17, 15) is 9.59 Å². The van der Waals surface area contributed by atoms with Gasteiger partial charge >= 0.3 is 0 Å². The zero-order chi connectivity index (χ0) is 25.8. The van der Waals surface area contributed by atoms with Crippen molar-refractivity contribution < 1.29 is 19.1 Å². The van der Waals surface area contributed by atoms with E-state index in [4.69, 9.17) is 33.3 Å². The van der Waals surface area contributed by atoms with Crippen molar-refractivity contribution in [3.8, 4) is 11.5 Å². The summed E-state index contributed by atoms with van der Waals surface area (Å²) in [6.45, 7) is 2.08. The molecule has 3 aromatic rings. The fraction of sp³-hybridized carbons (Fsp3) is 0.115. The predicted molar refractivity (Wildman–Crippen MR) is 150 cm³/mol. The summed E-state index contributed by atoms with van der Waals surface area (Å²) in [6.07, 6.45) is 1.68. The van der Waals surface area contributed by atoms with E-state index in [-0.39, 0.29) is 10.9 Å². The van der Waals surface area contributed by atoms with Gasteiger partial charge in [0.1, 0.15) is 6.61 Å². The minimum absolute atomic E-state index is 0.235. The van der Waals surface area contributed by atoms with Crippen LogP contribution >= 0.6 is 51.5 Å². The van der Waals surface area contributed by atoms with Crippen molar-refractivity contribution in [1.82, 2.24) is 10.4 Å². The second-order valence-electron chi connectivity index (χ2n) is 7.69. The standard InChI is InChI=1S/C26H20BrClN2O4S2/c1-15-7-3-5-9-18(15)24(31)29-30-25(32)22(36-26(30)35)13-16-11-19(27)23(21(12-16)33-2)34-14-17-8-4-6-10-20(17)28/h3-13H,14H2,1-2H3,(H,29,31)/b22-13-. The molecule has 36 heavy (non-hydrogen) atoms. The lowest BCUT2D eigenvalue weighted by Gasteiger charge is -2.16. The molecule has 2 amide bonds. The normalized spacial score (nSPS) is 14.3. The van der Waals surface area contributed by atoms with E-state index in [0.29, 0.717) is 37.0 Å². The van der Waals surface area contributed by atoms with Crippen molar-refractivity contribution in [2.75, 3.05) is 7.11 Å². The third-order valence-electron chi connectivity index (χ3n) is 5.28. The zero-order valence-corrected chi connectivity index (χ0v) is 23.2. The number of methoxy groups -OCH3 is 1. The van der Waals surface area contributed by atoms with Crippen LogP contribution in [0.5, 0.6) is 11.5 Å². The summed E-state index contributed by atoms with van der Waals surface area (Å²) in [4.78, 5) is 26.1. The fourth-order valence-corrected chi connectivity index (χ4v) is 5.38. The lowest BCUT2D eigenvalue weighted by Crippen LogP contribution is -2.45. The molecular weight excluding hydrogens is 584 g/mol. The Morgan fingerprint density at radius 1 is 1.19 bits per heavy atom. The van der Waals surface area contributed by atoms with Gasteiger partial charge in [-0.3, -0.25) is 15.0 Å². The Hall–Kier alpha value is -2.85. The zero-order valence-electron chi connectivity index (χ0n) is 19.2. The number of nitrogens with zero attached hydrogens (tertiary/aromatic N) is 1. The number of amides is 2. The molecule has 0 bridgehead atoms. The van der Waals surface area contributed by atoms with Crippen molar-refractivity contribution in [3.63, 3.8) is 0 Å². The molecule has 0 unspecified atom stereocenters. The number of rotatable bonds is 7. The molecule has 0 aliphatic carbocycles. The maximum atomic E-state index is 13.0. The Bertz CT molecular complexity index is 1400. The topological polar surface area (TPSA) is 67.9 Å². The van der Waals surface area contributed by atoms with Gasteiger partial charge in [0.2, 0.25) is 0 Å². The third kappa shape index (κ3) is 5.75. The van der Waals surface area contributed by atoms with Crippen LogP contribution in [0.1, 0.15) is 27.0 Å². The first-order valence-corrected chi connectivity index (χ1v) is 13.1. The summed E-state index contributed by atoms with van der Waals surface area (Å²) in [5.41, 5.74) is 5.40. The number of hydrogen-bond acceptors (Lipinski definition) is 6. The molecule has 1 aliphatic heterocycles. The van der Waals surface area contributed by atoms with Gasteiger partial charge in [0.25, 0.3) is 11.8 Å². The van der Waals surface area contributed by atoms with Crippen LogP contribution in [0.2, 0.25) is 5.02 Å². The molecule has 184 valence electrons. The maximum absolute atomic E-state index is 13.0. The van der Waals surface area contributed by atoms with Gasteiger partial charge in [-0.15, -0.1) is 0 Å². The molecule has 1 N–H and O–H groups in total. The smallest absolute Gasteiger partial charge is 0.285 e. The molecule has 0 atom stereocenters. The molecule has 10 heteroatoms. The van der Waals surface area contributed by atoms with E-state index >= 15 is 0 Å². The van der Waals surface area contributed by atoms with Crippen LogP contribution in [0.15, 0.2) is 70.0 Å². The summed E-state index contributed by atoms with van der Waals surface area (Å²) in [6, 6.07) is 18.1. The van der Waals surface area contributed by atoms with Gasteiger partial charge in [-0.25, -0.2) is 0 Å². The number of carbonyl (C=O) groups excluding carboxylic acids is 2. The number of halogens is 2. The maximum Gasteiger partial charge on any atom is 0.285 e. The first kappa shape index (κ1) is 26.2. The highest BCUT2D eigenvalue weighted by Gasteiger charge is 2.34. The van der Waals surface area contributed by atoms with Crippen LogP contribution < -0.4 is 14.9 Å². The van der Waals surface area contributed by atoms with E-state index in [2.05, 4.69) is 21.4 Å². The SMILES string of the molecule is COc1cc(/C=C2\SC(=S)N(NC(=O)c3ccccc3C)C2=O)cc(Br)c1OCc1ccccc1Cl. The quantitative estimate of drug-likeness (QED) is 0.244. The molecule has 0 saturated carbocycles. The molecule has 1 aliphatic rings. The Labute approximate surface area is 231 Å². The van der Waals surface area contributed by atoms with Crippen LogP contribution in [0.4, 0.5) is 0 Å². The average Bonchev–Trinajstić information content (AvgIpc) is 3.11. The lowest BCUT2D eigenvalue weighted by molar-refractivity contribution is -0.123. The van der Waals surface area contributed by atoms with Gasteiger partial charge in [0.05, 0.1) is 16.5 Å². The molecule has 3 aromatic carbocycles. The van der Waals surface area contributed by atoms with Crippen molar-refractivity contribution in [3.05, 3.63) is 97.3 Å². The number of hydrogen-bond donors (Lipinski definition) is 1. The lowest BCUT2D eigenvalue weighted by atomic mass is 10.1. The number of thiocarbonyl (C=S) groups is 1. The van der Waals surface area contributed by atoms with Crippen molar-refractivity contribution in [2.45, 2.75) is 13.5 Å². The average molecular weight is 604 g/mol. The van der Waals surface area contributed by atoms with Crippen molar-refractivity contribution in [2.24, 2.45) is 0 Å². The Morgan fingerprint density at radius 2 is 1.92 bits per heavy atom. The minimum atomic E-state index is -0.416. The number of hydrazine groups is 1. The van der Waals surface area contributed by atoms with Gasteiger partial charge in [-0.2, -0.15) is 5.01 Å². The minimum Gasteiger partial charge on any atom is -0.493 e. The first-order chi connectivity index (χ1) is 17.3. The largest absolute Gasteiger partial charge is 0.493 e. The summed E-state index contributed by atoms with van der Waals surface area (Å²) in [5.74, 6) is 0.162. The number of benzene rings is 3. The molecular formula is C26H20BrClN2O4S2. The summed E-state index contributed by atoms with van der Waals surface area (Å²) >= 11 is 16.2. The van der Waals surface area contributed by atoms with Crippen LogP contribution in [0.3, 0.4) is 0 Å². The van der Waals surface area contributed by atoms with E-state index in [0.717, 1.165) is 27.9 Å². The highest BCUT2D eigenvalue weighted by molar-refractivity contribution is 9.10. The number of carbonyl (C=O) groups is 2. The molecule has 0 spiro atoms. The molecule has 0 radical (unpaired) electrons. The van der Waals surface area contributed by atoms with Crippen LogP contribution in [-0.2, 0) is 11.4 Å². The number of ether oxygens (including phenoxy) is 2. The molecule has 1 saturated heterocycles. The van der Waals surface area contributed by atoms with E-state index in [1.54, 1.807) is 30.3 Å². The third-order valence-corrected chi connectivity index (χ3v) is 7.54. The van der Waals surface area contributed by atoms with E-state index in [1.807, 2.05) is 43.3 Å². The van der Waals surface area contributed by atoms with Crippen LogP contribution in [0.25, 0.3) is 6.08 Å². The van der Waals surface area contributed by atoms with Crippen molar-refractivity contribution in [1.29, 1.82) is 0 Å². The predicted octanol–water partition coefficient (Wildman–Crippen LogP) is 6.54. The summed E-state index contributed by atoms with van der Waals surface area (Å²) in [5, 5.41) is 1.70. The number of thioether (sulfide) groups is 1. The Balaban J connectivity index is 1.53. The van der Waals surface area contributed by atoms with Gasteiger partial charge in [0, 0.05) is 16.1 Å². The highest BCUT2D eigenvalue weighted by Crippen LogP contribution is 2.39. The monoisotopic (exact) mass is 602 g/mol. The molecule has 1 heterocycles. The van der Waals surface area contributed by atoms with Crippen LogP contribution in [-0.4, -0.2) is 28.3 Å². The van der Waals surface area contributed by atoms with Gasteiger partial charge < -0.3 is 9.47 Å². The number of aryl methyl sites for hydroxylation is 1. The number of nitrogens with one attached hydrogen (secondary N) is 1. The Kier molecular flexibility index (Phi) is 8.35.